The number of carboxylic acids is 1. The van der Waals surface area contributed by atoms with Gasteiger partial charge in [-0.15, -0.1) is 0 Å². The molecule has 0 aromatic heterocycles. The third-order valence-electron chi connectivity index (χ3n) is 2.76. The number of nitrogens with zero attached hydrogens (tertiary/aromatic N) is 1. The maximum absolute atomic E-state index is 10.5. The summed E-state index contributed by atoms with van der Waals surface area (Å²) in [4.78, 5) is 15.6. The molecule has 4 nitrogen and oxygen atoms in total. The number of hydrogen-bond donors (Lipinski definition) is 1. The zero-order valence-corrected chi connectivity index (χ0v) is 7.40. The number of hydrogen-bond acceptors (Lipinski definition) is 3. The van der Waals surface area contributed by atoms with E-state index < -0.39 is 5.97 Å². The van der Waals surface area contributed by atoms with Gasteiger partial charge in [0.25, 0.3) is 0 Å². The minimum atomic E-state index is -0.799. The van der Waals surface area contributed by atoms with E-state index in [4.69, 9.17) is 9.94 Å². The summed E-state index contributed by atoms with van der Waals surface area (Å²) in [5.41, 5.74) is 1.08. The number of carbonyl (C=O) groups is 1. The minimum Gasteiger partial charge on any atom is -0.481 e. The number of carboxylic acid groups (broad SMARTS) is 1. The normalized spacial score (nSPS) is 31.8. The fourth-order valence-electron chi connectivity index (χ4n) is 2.10. The first-order valence-corrected chi connectivity index (χ1v) is 4.72. The lowest BCUT2D eigenvalue weighted by atomic mass is 9.83. The van der Waals surface area contributed by atoms with Gasteiger partial charge in [-0.05, 0) is 19.3 Å². The van der Waals surface area contributed by atoms with E-state index in [-0.39, 0.29) is 18.4 Å². The van der Waals surface area contributed by atoms with Crippen molar-refractivity contribution in [2.45, 2.75) is 38.2 Å². The SMILES string of the molecule is O=C(O)CC1ON=C2CCCCC21. The lowest BCUT2D eigenvalue weighted by molar-refractivity contribution is -0.140. The fraction of sp³-hybridized carbons (Fsp3) is 0.778. The fourth-order valence-corrected chi connectivity index (χ4v) is 2.10. The Bertz CT molecular complexity index is 249. The second kappa shape index (κ2) is 3.36. The molecular formula is C9H13NO3. The maximum atomic E-state index is 10.5. The Morgan fingerprint density at radius 1 is 1.62 bits per heavy atom. The molecule has 0 radical (unpaired) electrons. The van der Waals surface area contributed by atoms with Crippen molar-refractivity contribution in [2.75, 3.05) is 0 Å². The van der Waals surface area contributed by atoms with Crippen LogP contribution < -0.4 is 0 Å². The van der Waals surface area contributed by atoms with Gasteiger partial charge >= 0.3 is 5.97 Å². The van der Waals surface area contributed by atoms with Crippen molar-refractivity contribution in [3.05, 3.63) is 0 Å². The van der Waals surface area contributed by atoms with E-state index in [1.54, 1.807) is 0 Å². The van der Waals surface area contributed by atoms with Crippen LogP contribution in [0, 0.1) is 5.92 Å². The molecule has 0 spiro atoms. The largest absolute Gasteiger partial charge is 0.481 e. The number of aliphatic carboxylic acids is 1. The molecule has 1 aliphatic carbocycles. The Morgan fingerprint density at radius 2 is 2.46 bits per heavy atom. The molecule has 1 heterocycles. The van der Waals surface area contributed by atoms with Crippen LogP contribution in [0.1, 0.15) is 32.1 Å². The molecule has 0 aromatic carbocycles. The summed E-state index contributed by atoms with van der Waals surface area (Å²) in [7, 11) is 0. The first kappa shape index (κ1) is 8.53. The topological polar surface area (TPSA) is 58.9 Å². The predicted octanol–water partition coefficient (Wildman–Crippen LogP) is 1.41. The van der Waals surface area contributed by atoms with Crippen LogP contribution in [0.25, 0.3) is 0 Å². The van der Waals surface area contributed by atoms with Gasteiger partial charge in [-0.2, -0.15) is 0 Å². The molecule has 0 bridgehead atoms. The molecule has 2 unspecified atom stereocenters. The van der Waals surface area contributed by atoms with Crippen LogP contribution in [0.3, 0.4) is 0 Å². The number of rotatable bonds is 2. The lowest BCUT2D eigenvalue weighted by Crippen LogP contribution is -2.28. The van der Waals surface area contributed by atoms with Gasteiger partial charge in [0.15, 0.2) is 0 Å². The van der Waals surface area contributed by atoms with Gasteiger partial charge in [0.2, 0.25) is 0 Å². The molecule has 1 saturated carbocycles. The van der Waals surface area contributed by atoms with Gasteiger partial charge in [0.1, 0.15) is 6.10 Å². The highest BCUT2D eigenvalue weighted by molar-refractivity contribution is 5.89. The van der Waals surface area contributed by atoms with Crippen molar-refractivity contribution in [1.82, 2.24) is 0 Å². The Morgan fingerprint density at radius 3 is 3.23 bits per heavy atom. The highest BCUT2D eigenvalue weighted by Gasteiger charge is 2.36. The molecular weight excluding hydrogens is 170 g/mol. The third-order valence-corrected chi connectivity index (χ3v) is 2.76. The summed E-state index contributed by atoms with van der Waals surface area (Å²) in [5, 5.41) is 12.6. The summed E-state index contributed by atoms with van der Waals surface area (Å²) in [6, 6.07) is 0. The second-order valence-electron chi connectivity index (χ2n) is 3.68. The standard InChI is InChI=1S/C9H13NO3/c11-9(12)5-8-6-3-1-2-4-7(6)10-13-8/h6,8H,1-5H2,(H,11,12). The van der Waals surface area contributed by atoms with E-state index in [2.05, 4.69) is 5.16 Å². The Hall–Kier alpha value is -1.06. The van der Waals surface area contributed by atoms with E-state index in [1.807, 2.05) is 0 Å². The van der Waals surface area contributed by atoms with E-state index in [1.165, 1.54) is 12.8 Å². The molecule has 4 heteroatoms. The van der Waals surface area contributed by atoms with Gasteiger partial charge in [0, 0.05) is 5.92 Å². The Labute approximate surface area is 76.6 Å². The van der Waals surface area contributed by atoms with Gasteiger partial charge < -0.3 is 9.94 Å². The molecule has 1 fully saturated rings. The zero-order valence-electron chi connectivity index (χ0n) is 7.40. The lowest BCUT2D eigenvalue weighted by Gasteiger charge is -2.20. The molecule has 2 atom stereocenters. The zero-order chi connectivity index (χ0) is 9.26. The van der Waals surface area contributed by atoms with Crippen molar-refractivity contribution in [2.24, 2.45) is 11.1 Å². The maximum Gasteiger partial charge on any atom is 0.307 e. The molecule has 1 N–H and O–H groups in total. The molecule has 0 amide bonds. The van der Waals surface area contributed by atoms with Crippen LogP contribution in [-0.2, 0) is 9.63 Å². The summed E-state index contributed by atoms with van der Waals surface area (Å²) in [6.07, 6.45) is 4.24. The molecule has 2 rings (SSSR count). The van der Waals surface area contributed by atoms with Crippen LogP contribution in [-0.4, -0.2) is 22.9 Å². The Kier molecular flexibility index (Phi) is 2.20. The summed E-state index contributed by atoms with van der Waals surface area (Å²) < 4.78 is 0. The van der Waals surface area contributed by atoms with Gasteiger partial charge in [-0.3, -0.25) is 4.79 Å². The Balaban J connectivity index is 1.99. The van der Waals surface area contributed by atoms with E-state index >= 15 is 0 Å². The van der Waals surface area contributed by atoms with Gasteiger partial charge in [0.05, 0.1) is 12.1 Å². The minimum absolute atomic E-state index is 0.0810. The first-order chi connectivity index (χ1) is 6.27. The van der Waals surface area contributed by atoms with Crippen LogP contribution in [0.2, 0.25) is 0 Å². The van der Waals surface area contributed by atoms with Crippen LogP contribution >= 0.6 is 0 Å². The monoisotopic (exact) mass is 183 g/mol. The second-order valence-corrected chi connectivity index (χ2v) is 3.68. The molecule has 72 valence electrons. The van der Waals surface area contributed by atoms with Crippen molar-refractivity contribution >= 4 is 11.7 Å². The third kappa shape index (κ3) is 1.66. The summed E-state index contributed by atoms with van der Waals surface area (Å²) in [5.74, 6) is -0.517. The van der Waals surface area contributed by atoms with E-state index in [9.17, 15) is 4.79 Å². The first-order valence-electron chi connectivity index (χ1n) is 4.72. The average Bonchev–Trinajstić information content (AvgIpc) is 2.48. The van der Waals surface area contributed by atoms with Crippen LogP contribution in [0.15, 0.2) is 5.16 Å². The molecule has 0 saturated heterocycles. The quantitative estimate of drug-likeness (QED) is 0.704. The molecule has 2 aliphatic rings. The number of fused-ring (bicyclic) bond motifs is 1. The summed E-state index contributed by atoms with van der Waals surface area (Å²) in [6.45, 7) is 0. The molecule has 1 aliphatic heterocycles. The molecule has 0 aromatic rings. The van der Waals surface area contributed by atoms with Gasteiger partial charge in [-0.25, -0.2) is 0 Å². The average molecular weight is 183 g/mol. The van der Waals surface area contributed by atoms with Crippen molar-refractivity contribution < 1.29 is 14.7 Å². The van der Waals surface area contributed by atoms with Crippen LogP contribution in [0.4, 0.5) is 0 Å². The van der Waals surface area contributed by atoms with E-state index in [0.29, 0.717) is 0 Å². The predicted molar refractivity (Wildman–Crippen MR) is 46.5 cm³/mol. The van der Waals surface area contributed by atoms with Crippen molar-refractivity contribution in [1.29, 1.82) is 0 Å². The van der Waals surface area contributed by atoms with E-state index in [0.717, 1.165) is 18.6 Å². The smallest absolute Gasteiger partial charge is 0.307 e. The van der Waals surface area contributed by atoms with Crippen LogP contribution in [0.5, 0.6) is 0 Å². The van der Waals surface area contributed by atoms with Crippen molar-refractivity contribution in [3.63, 3.8) is 0 Å². The molecule has 13 heavy (non-hydrogen) atoms. The number of oxime groups is 1. The highest BCUT2D eigenvalue weighted by Crippen LogP contribution is 2.32. The van der Waals surface area contributed by atoms with Crippen molar-refractivity contribution in [3.8, 4) is 0 Å². The van der Waals surface area contributed by atoms with Gasteiger partial charge in [-0.1, -0.05) is 11.6 Å². The summed E-state index contributed by atoms with van der Waals surface area (Å²) >= 11 is 0. The highest BCUT2D eigenvalue weighted by atomic mass is 16.6.